The van der Waals surface area contributed by atoms with Crippen molar-refractivity contribution in [3.8, 4) is 44.5 Å². The van der Waals surface area contributed by atoms with E-state index in [0.29, 0.717) is 127 Å². The van der Waals surface area contributed by atoms with Crippen LogP contribution in [0.5, 0.6) is 0 Å². The smallest absolute Gasteiger partial charge is 0.225 e. The monoisotopic (exact) mass is 1100 g/mol. The molecule has 0 saturated carbocycles. The van der Waals surface area contributed by atoms with Crippen molar-refractivity contribution in [2.75, 3.05) is 80.2 Å². The van der Waals surface area contributed by atoms with Gasteiger partial charge in [0.1, 0.15) is 0 Å². The van der Waals surface area contributed by atoms with E-state index in [9.17, 15) is 19.2 Å². The minimum absolute atomic E-state index is 0.115. The standard InChI is InChI=1S/C67H62N12O4/c80-60(28-19-43-10-9-32-68-42-43)73-48-15-5-1-11-44(48)64-52-20-22-54(69-52)65-45-12-2-6-16-49(45)74-61(81)29-33-77-36-37-78-34-30-62(82)75-50-17-7-3-13-46(50)66(55-23-21-53(64)70-55)57-25-27-59(72-57)67(58-26-24-56(65)71-58)47-14-4-8-18-51(47)76-63(83)31-35-79(40-38-77)41-39-78/h1-18,20-27,32,42,69,72H,19,28-31,33-41H2,(H,73,80)(H,74,81)(H,75,82)(H,76,83). The molecule has 5 aliphatic heterocycles. The number of hydrogen-bond acceptors (Lipinski definition) is 10. The van der Waals surface area contributed by atoms with Gasteiger partial charge in [-0.05, 0) is 90.9 Å². The number of anilines is 4. The second kappa shape index (κ2) is 23.5. The highest BCUT2D eigenvalue weighted by atomic mass is 16.2. The van der Waals surface area contributed by atoms with Gasteiger partial charge in [-0.2, -0.15) is 0 Å². The number of nitrogens with zero attached hydrogens (tertiary/aromatic N) is 6. The Hall–Kier alpha value is -9.61. The Labute approximate surface area is 480 Å². The summed E-state index contributed by atoms with van der Waals surface area (Å²) in [6.45, 7) is 5.76. The fraction of sp³-hybridized carbons (Fsp3) is 0.209. The predicted molar refractivity (Wildman–Crippen MR) is 331 cm³/mol. The zero-order chi connectivity index (χ0) is 56.2. The van der Waals surface area contributed by atoms with Crippen molar-refractivity contribution in [1.82, 2.24) is 39.6 Å². The van der Waals surface area contributed by atoms with Crippen molar-refractivity contribution >= 4 is 92.7 Å². The van der Waals surface area contributed by atoms with Crippen molar-refractivity contribution in [2.45, 2.75) is 32.1 Å². The molecule has 14 bridgehead atoms. The Kier molecular flexibility index (Phi) is 14.9. The quantitative estimate of drug-likeness (QED) is 0.0965. The molecule has 414 valence electrons. The van der Waals surface area contributed by atoms with Gasteiger partial charge in [0.25, 0.3) is 0 Å². The van der Waals surface area contributed by atoms with Gasteiger partial charge >= 0.3 is 0 Å². The van der Waals surface area contributed by atoms with Crippen molar-refractivity contribution in [3.05, 3.63) is 174 Å². The Balaban J connectivity index is 1.12. The number of rotatable bonds is 5. The average molecular weight is 1100 g/mol. The van der Waals surface area contributed by atoms with Crippen LogP contribution in [0.25, 0.3) is 90.9 Å². The maximum atomic E-state index is 14.5. The summed E-state index contributed by atoms with van der Waals surface area (Å²) in [6, 6.07) is 43.3. The third-order valence-corrected chi connectivity index (χ3v) is 16.2. The highest BCUT2D eigenvalue weighted by Gasteiger charge is 2.26. The van der Waals surface area contributed by atoms with E-state index in [2.05, 4.69) is 50.9 Å². The van der Waals surface area contributed by atoms with Gasteiger partial charge in [-0.25, -0.2) is 9.97 Å². The molecule has 6 N–H and O–H groups in total. The molecule has 0 aliphatic carbocycles. The van der Waals surface area contributed by atoms with E-state index < -0.39 is 0 Å². The molecule has 1 saturated heterocycles. The van der Waals surface area contributed by atoms with Crippen LogP contribution < -0.4 is 21.3 Å². The molecule has 0 spiro atoms. The number of pyridine rings is 1. The lowest BCUT2D eigenvalue weighted by molar-refractivity contribution is -0.117. The summed E-state index contributed by atoms with van der Waals surface area (Å²) in [4.78, 5) is 87.2. The third kappa shape index (κ3) is 11.4. The van der Waals surface area contributed by atoms with E-state index in [1.807, 2.05) is 158 Å². The maximum Gasteiger partial charge on any atom is 0.225 e. The van der Waals surface area contributed by atoms with Gasteiger partial charge in [-0.1, -0.05) is 78.9 Å². The van der Waals surface area contributed by atoms with Gasteiger partial charge in [0.2, 0.25) is 23.6 Å². The molecule has 1 fully saturated rings. The zero-order valence-corrected chi connectivity index (χ0v) is 45.9. The molecule has 5 aliphatic rings. The van der Waals surface area contributed by atoms with Crippen LogP contribution in [0.2, 0.25) is 0 Å². The zero-order valence-electron chi connectivity index (χ0n) is 45.9. The van der Waals surface area contributed by atoms with E-state index in [0.717, 1.165) is 55.6 Å². The molecule has 0 radical (unpaired) electrons. The summed E-state index contributed by atoms with van der Waals surface area (Å²) in [7, 11) is 0. The number of hydrogen-bond donors (Lipinski definition) is 6. The number of fused-ring (bicyclic) bond motifs is 17. The third-order valence-electron chi connectivity index (χ3n) is 16.2. The highest BCUT2D eigenvalue weighted by molar-refractivity contribution is 6.07. The number of benzene rings is 4. The number of aromatic nitrogens is 5. The second-order valence-corrected chi connectivity index (χ2v) is 21.5. The Morgan fingerprint density at radius 2 is 0.807 bits per heavy atom. The Morgan fingerprint density at radius 1 is 0.434 bits per heavy atom. The van der Waals surface area contributed by atoms with Crippen molar-refractivity contribution in [1.29, 1.82) is 0 Å². The molecular formula is C67H62N12O4. The number of carbonyl (C=O) groups is 4. The number of para-hydroxylation sites is 4. The van der Waals surface area contributed by atoms with Crippen LogP contribution in [0.15, 0.2) is 146 Å². The van der Waals surface area contributed by atoms with E-state index in [4.69, 9.17) is 9.97 Å². The van der Waals surface area contributed by atoms with Crippen molar-refractivity contribution in [3.63, 3.8) is 0 Å². The lowest BCUT2D eigenvalue weighted by Crippen LogP contribution is -2.38. The van der Waals surface area contributed by atoms with Crippen molar-refractivity contribution < 1.29 is 19.2 Å². The minimum atomic E-state index is -0.153. The normalized spacial score (nSPS) is 18.1. The van der Waals surface area contributed by atoms with E-state index in [1.165, 1.54) is 0 Å². The van der Waals surface area contributed by atoms with Gasteiger partial charge in [-0.3, -0.25) is 24.2 Å². The van der Waals surface area contributed by atoms with Gasteiger partial charge in [0, 0.05) is 186 Å². The Bertz CT molecular complexity index is 4020. The molecule has 16 heteroatoms. The first-order valence-electron chi connectivity index (χ1n) is 28.5. The predicted octanol–water partition coefficient (Wildman–Crippen LogP) is 11.2. The van der Waals surface area contributed by atoms with Crippen molar-refractivity contribution in [2.24, 2.45) is 0 Å². The Morgan fingerprint density at radius 3 is 1.20 bits per heavy atom. The first kappa shape index (κ1) is 52.7. The molecule has 4 aromatic heterocycles. The topological polar surface area (TPSA) is 196 Å². The lowest BCUT2D eigenvalue weighted by atomic mass is 10.0. The van der Waals surface area contributed by atoms with Gasteiger partial charge < -0.3 is 45.9 Å². The molecule has 13 rings (SSSR count). The number of carbonyl (C=O) groups excluding carboxylic acids is 4. The molecule has 3 atom stereocenters. The highest BCUT2D eigenvalue weighted by Crippen LogP contribution is 2.43. The van der Waals surface area contributed by atoms with E-state index in [-0.39, 0.29) is 49.3 Å². The van der Waals surface area contributed by atoms with Crippen LogP contribution in [0.1, 0.15) is 54.0 Å². The molecular weight excluding hydrogens is 1040 g/mol. The summed E-state index contributed by atoms with van der Waals surface area (Å²) < 4.78 is 0. The first-order chi connectivity index (χ1) is 40.7. The molecule has 9 heterocycles. The summed E-state index contributed by atoms with van der Waals surface area (Å²) in [5, 5.41) is 13.2. The summed E-state index contributed by atoms with van der Waals surface area (Å²) >= 11 is 0. The average Bonchev–Trinajstić information content (AvgIpc) is 4.55. The lowest BCUT2D eigenvalue weighted by Gasteiger charge is -2.25. The second-order valence-electron chi connectivity index (χ2n) is 21.5. The largest absolute Gasteiger partial charge is 0.354 e. The van der Waals surface area contributed by atoms with Crippen LogP contribution in [-0.2, 0) is 25.6 Å². The summed E-state index contributed by atoms with van der Waals surface area (Å²) in [5.41, 5.74) is 14.7. The molecule has 4 aromatic carbocycles. The molecule has 4 amide bonds. The number of H-pyrrole nitrogens is 2. The van der Waals surface area contributed by atoms with Crippen LogP contribution in [0, 0.1) is 0 Å². The number of nitrogens with one attached hydrogen (secondary N) is 6. The summed E-state index contributed by atoms with van der Waals surface area (Å²) in [6.07, 6.45) is 13.0. The molecule has 8 aromatic rings. The molecule has 3 unspecified atom stereocenters. The summed E-state index contributed by atoms with van der Waals surface area (Å²) in [5.74, 6) is -0.534. The minimum Gasteiger partial charge on any atom is -0.354 e. The van der Waals surface area contributed by atoms with Crippen LogP contribution in [0.3, 0.4) is 0 Å². The van der Waals surface area contributed by atoms with Gasteiger partial charge in [-0.15, -0.1) is 0 Å². The fourth-order valence-corrected chi connectivity index (χ4v) is 11.9. The number of amides is 4. The van der Waals surface area contributed by atoms with Gasteiger partial charge in [0.05, 0.1) is 22.8 Å². The maximum absolute atomic E-state index is 14.5. The molecule has 83 heavy (non-hydrogen) atoms. The van der Waals surface area contributed by atoms with Crippen LogP contribution in [0.4, 0.5) is 22.7 Å². The first-order valence-corrected chi connectivity index (χ1v) is 28.5. The number of aromatic amines is 2. The SMILES string of the molecule is O=C(CCc1cccnc1)Nc1ccccc1-c1c2nc(c3c4ccc([nH]4)c4c5nc(c(c6ccc1[nH]6)-c1ccccc1NC(=O)CCN1CCN(CCC(=O)Nc6ccccc6-3)CCN(CCC(=O)Nc3ccccc3-4)CC1)C=C5)C=C2. The van der Waals surface area contributed by atoms with Crippen LogP contribution >= 0.6 is 0 Å². The van der Waals surface area contributed by atoms with E-state index >= 15 is 0 Å². The van der Waals surface area contributed by atoms with Gasteiger partial charge in [0.15, 0.2) is 0 Å². The van der Waals surface area contributed by atoms with E-state index in [1.54, 1.807) is 12.4 Å². The number of aryl methyl sites for hydroxylation is 1. The molecule has 16 nitrogen and oxygen atoms in total. The van der Waals surface area contributed by atoms with Crippen LogP contribution in [-0.4, -0.2) is 122 Å². The fourth-order valence-electron chi connectivity index (χ4n) is 11.9.